The van der Waals surface area contributed by atoms with Crippen LogP contribution in [0.5, 0.6) is 0 Å². The summed E-state index contributed by atoms with van der Waals surface area (Å²) in [6.45, 7) is 5.84. The van der Waals surface area contributed by atoms with E-state index in [4.69, 9.17) is 21.4 Å². The smallest absolute Gasteiger partial charge is 0.322 e. The molecule has 1 fully saturated rings. The average Bonchev–Trinajstić information content (AvgIpc) is 2.01. The molecule has 1 N–H and O–H groups in total. The van der Waals surface area contributed by atoms with Crippen LogP contribution in [-0.2, 0) is 9.53 Å². The van der Waals surface area contributed by atoms with E-state index in [1.165, 1.54) is 0 Å². The second kappa shape index (κ2) is 4.96. The van der Waals surface area contributed by atoms with E-state index >= 15 is 0 Å². The molecule has 1 rings (SSSR count). The summed E-state index contributed by atoms with van der Waals surface area (Å²) in [7, 11) is 0. The van der Waals surface area contributed by atoms with Crippen molar-refractivity contribution in [2.24, 2.45) is 0 Å². The topological polar surface area (TPSA) is 49.8 Å². The van der Waals surface area contributed by atoms with Crippen molar-refractivity contribution in [1.82, 2.24) is 4.90 Å². The van der Waals surface area contributed by atoms with Crippen LogP contribution < -0.4 is 0 Å². The van der Waals surface area contributed by atoms with E-state index in [0.29, 0.717) is 6.54 Å². The van der Waals surface area contributed by atoms with Gasteiger partial charge in [0.1, 0.15) is 5.38 Å². The van der Waals surface area contributed by atoms with Crippen LogP contribution in [-0.4, -0.2) is 53.2 Å². The van der Waals surface area contributed by atoms with Gasteiger partial charge < -0.3 is 9.84 Å². The highest BCUT2D eigenvalue weighted by atomic mass is 35.5. The first-order valence-electron chi connectivity index (χ1n) is 4.73. The molecule has 1 heterocycles. The number of hydrogen-bond donors (Lipinski definition) is 1. The maximum Gasteiger partial charge on any atom is 0.322 e. The summed E-state index contributed by atoms with van der Waals surface area (Å²) < 4.78 is 5.53. The first kappa shape index (κ1) is 11.8. The molecule has 3 atom stereocenters. The van der Waals surface area contributed by atoms with E-state index in [9.17, 15) is 4.79 Å². The first-order valence-corrected chi connectivity index (χ1v) is 5.17. The van der Waals surface area contributed by atoms with Crippen LogP contribution in [0.1, 0.15) is 13.8 Å². The monoisotopic (exact) mass is 221 g/mol. The van der Waals surface area contributed by atoms with E-state index in [2.05, 4.69) is 0 Å². The standard InChI is InChI=1S/C9H16ClNO3/c1-6-3-11(4-7(2)14-6)5-8(10)9(12)13/h6-8H,3-5H2,1-2H3,(H,12,13)/t6-,7+,8?. The van der Waals surface area contributed by atoms with Crippen molar-refractivity contribution in [2.45, 2.75) is 31.4 Å². The molecule has 0 aliphatic carbocycles. The van der Waals surface area contributed by atoms with Crippen LogP contribution in [0.25, 0.3) is 0 Å². The van der Waals surface area contributed by atoms with E-state index in [1.54, 1.807) is 0 Å². The van der Waals surface area contributed by atoms with Crippen LogP contribution in [0.3, 0.4) is 0 Å². The molecule has 0 amide bonds. The Bertz CT molecular complexity index is 202. The Morgan fingerprint density at radius 1 is 1.57 bits per heavy atom. The van der Waals surface area contributed by atoms with Gasteiger partial charge in [0.05, 0.1) is 12.2 Å². The normalized spacial score (nSPS) is 31.4. The fourth-order valence-corrected chi connectivity index (χ4v) is 1.93. The quantitative estimate of drug-likeness (QED) is 0.716. The highest BCUT2D eigenvalue weighted by Crippen LogP contribution is 2.12. The largest absolute Gasteiger partial charge is 0.480 e. The second-order valence-corrected chi connectivity index (χ2v) is 4.31. The van der Waals surface area contributed by atoms with E-state index in [0.717, 1.165) is 13.1 Å². The molecule has 1 aliphatic heterocycles. The Morgan fingerprint density at radius 2 is 2.07 bits per heavy atom. The third kappa shape index (κ3) is 3.44. The Balaban J connectivity index is 2.40. The molecule has 0 bridgehead atoms. The van der Waals surface area contributed by atoms with E-state index in [1.807, 2.05) is 18.7 Å². The molecule has 1 unspecified atom stereocenters. The number of alkyl halides is 1. The van der Waals surface area contributed by atoms with Crippen molar-refractivity contribution in [3.8, 4) is 0 Å². The van der Waals surface area contributed by atoms with Crippen LogP contribution in [0.15, 0.2) is 0 Å². The van der Waals surface area contributed by atoms with E-state index < -0.39 is 11.3 Å². The molecule has 0 radical (unpaired) electrons. The van der Waals surface area contributed by atoms with Gasteiger partial charge in [-0.25, -0.2) is 0 Å². The van der Waals surface area contributed by atoms with Gasteiger partial charge in [-0.3, -0.25) is 9.69 Å². The molecule has 0 aromatic heterocycles. The van der Waals surface area contributed by atoms with Crippen LogP contribution in [0, 0.1) is 0 Å². The van der Waals surface area contributed by atoms with Crippen LogP contribution in [0.4, 0.5) is 0 Å². The third-order valence-corrected chi connectivity index (χ3v) is 2.51. The summed E-state index contributed by atoms with van der Waals surface area (Å²) in [5, 5.41) is 7.83. The molecule has 1 saturated heterocycles. The Kier molecular flexibility index (Phi) is 4.16. The van der Waals surface area contributed by atoms with E-state index in [-0.39, 0.29) is 12.2 Å². The van der Waals surface area contributed by atoms with Gasteiger partial charge in [0, 0.05) is 19.6 Å². The van der Waals surface area contributed by atoms with Gasteiger partial charge in [0.2, 0.25) is 0 Å². The molecule has 1 aliphatic rings. The third-order valence-electron chi connectivity index (χ3n) is 2.18. The summed E-state index contributed by atoms with van der Waals surface area (Å²) in [6, 6.07) is 0. The lowest BCUT2D eigenvalue weighted by Crippen LogP contribution is -2.48. The molecule has 0 aromatic rings. The highest BCUT2D eigenvalue weighted by molar-refractivity contribution is 6.29. The zero-order valence-corrected chi connectivity index (χ0v) is 9.20. The number of aliphatic carboxylic acids is 1. The zero-order chi connectivity index (χ0) is 10.7. The molecule has 4 nitrogen and oxygen atoms in total. The Labute approximate surface area is 88.8 Å². The van der Waals surface area contributed by atoms with Gasteiger partial charge in [-0.1, -0.05) is 0 Å². The highest BCUT2D eigenvalue weighted by Gasteiger charge is 2.25. The Hall–Kier alpha value is -0.320. The second-order valence-electron chi connectivity index (χ2n) is 3.78. The van der Waals surface area contributed by atoms with Gasteiger partial charge in [-0.2, -0.15) is 0 Å². The molecule has 0 spiro atoms. The molecule has 0 aromatic carbocycles. The molecule has 14 heavy (non-hydrogen) atoms. The maximum atomic E-state index is 10.5. The summed E-state index contributed by atoms with van der Waals surface area (Å²) >= 11 is 5.66. The minimum Gasteiger partial charge on any atom is -0.480 e. The minimum atomic E-state index is -0.960. The van der Waals surface area contributed by atoms with Gasteiger partial charge in [-0.05, 0) is 13.8 Å². The van der Waals surface area contributed by atoms with Crippen molar-refractivity contribution in [2.75, 3.05) is 19.6 Å². The zero-order valence-electron chi connectivity index (χ0n) is 8.44. The molecule has 0 saturated carbocycles. The number of ether oxygens (including phenoxy) is 1. The number of rotatable bonds is 3. The first-order chi connectivity index (χ1) is 6.49. The maximum absolute atomic E-state index is 10.5. The predicted octanol–water partition coefficient (Wildman–Crippen LogP) is 0.788. The van der Waals surface area contributed by atoms with Crippen molar-refractivity contribution in [1.29, 1.82) is 0 Å². The summed E-state index contributed by atoms with van der Waals surface area (Å²) in [4.78, 5) is 12.6. The SMILES string of the molecule is C[C@@H]1CN(CC(Cl)C(=O)O)C[C@H](C)O1. The van der Waals surface area contributed by atoms with Crippen molar-refractivity contribution >= 4 is 17.6 Å². The van der Waals surface area contributed by atoms with Gasteiger partial charge in [-0.15, -0.1) is 11.6 Å². The molecular weight excluding hydrogens is 206 g/mol. The summed E-state index contributed by atoms with van der Waals surface area (Å²) in [5.41, 5.74) is 0. The fourth-order valence-electron chi connectivity index (χ4n) is 1.74. The minimum absolute atomic E-state index is 0.149. The number of nitrogens with zero attached hydrogens (tertiary/aromatic N) is 1. The lowest BCUT2D eigenvalue weighted by molar-refractivity contribution is -0.137. The van der Waals surface area contributed by atoms with Crippen molar-refractivity contribution in [3.05, 3.63) is 0 Å². The lowest BCUT2D eigenvalue weighted by Gasteiger charge is -2.35. The predicted molar refractivity (Wildman–Crippen MR) is 53.7 cm³/mol. The van der Waals surface area contributed by atoms with Gasteiger partial charge >= 0.3 is 5.97 Å². The van der Waals surface area contributed by atoms with Crippen molar-refractivity contribution < 1.29 is 14.6 Å². The number of hydrogen-bond acceptors (Lipinski definition) is 3. The lowest BCUT2D eigenvalue weighted by atomic mass is 10.2. The van der Waals surface area contributed by atoms with Gasteiger partial charge in [0.25, 0.3) is 0 Å². The summed E-state index contributed by atoms with van der Waals surface area (Å²) in [6.07, 6.45) is 0.299. The van der Waals surface area contributed by atoms with Crippen molar-refractivity contribution in [3.63, 3.8) is 0 Å². The number of carboxylic acid groups (broad SMARTS) is 1. The fraction of sp³-hybridized carbons (Fsp3) is 0.889. The number of morpholine rings is 1. The number of carboxylic acids is 1. The number of halogens is 1. The molecule has 82 valence electrons. The molecule has 5 heteroatoms. The molecular formula is C9H16ClNO3. The van der Waals surface area contributed by atoms with Crippen LogP contribution >= 0.6 is 11.6 Å². The average molecular weight is 222 g/mol. The number of carbonyl (C=O) groups is 1. The van der Waals surface area contributed by atoms with Gasteiger partial charge in [0.15, 0.2) is 0 Å². The summed E-state index contributed by atoms with van der Waals surface area (Å²) in [5.74, 6) is -0.960. The Morgan fingerprint density at radius 3 is 2.50 bits per heavy atom. The van der Waals surface area contributed by atoms with Crippen LogP contribution in [0.2, 0.25) is 0 Å².